The molecule has 6 aromatic rings. The Kier molecular flexibility index (Phi) is 10.9. The Labute approximate surface area is 303 Å². The molecule has 0 amide bonds. The van der Waals surface area contributed by atoms with Crippen LogP contribution in [-0.2, 0) is 15.6 Å². The summed E-state index contributed by atoms with van der Waals surface area (Å²) in [5, 5.41) is 0.814. The van der Waals surface area contributed by atoms with Crippen molar-refractivity contribution >= 4 is 67.4 Å². The number of ketones is 1. The molecule has 0 radical (unpaired) electrons. The average Bonchev–Trinajstić information content (AvgIpc) is 3.45. The van der Waals surface area contributed by atoms with E-state index in [0.717, 1.165) is 34.0 Å². The Hall–Kier alpha value is -4.41. The lowest BCUT2D eigenvalue weighted by atomic mass is 9.98. The van der Waals surface area contributed by atoms with Gasteiger partial charge >= 0.3 is 0 Å². The summed E-state index contributed by atoms with van der Waals surface area (Å²) in [6, 6.07) is 22.8. The van der Waals surface area contributed by atoms with E-state index in [1.165, 1.54) is 18.3 Å². The smallest absolute Gasteiger partial charge is 0.266 e. The maximum absolute atomic E-state index is 15.9. The van der Waals surface area contributed by atoms with Gasteiger partial charge < -0.3 is 0 Å². The van der Waals surface area contributed by atoms with Crippen LogP contribution in [0.15, 0.2) is 97.3 Å². The first-order valence-electron chi connectivity index (χ1n) is 15.0. The van der Waals surface area contributed by atoms with E-state index < -0.39 is 44.5 Å². The van der Waals surface area contributed by atoms with Crippen molar-refractivity contribution in [3.8, 4) is 22.3 Å². The van der Waals surface area contributed by atoms with Gasteiger partial charge in [-0.2, -0.15) is 0 Å². The van der Waals surface area contributed by atoms with E-state index in [0.29, 0.717) is 22.6 Å². The van der Waals surface area contributed by atoms with Crippen LogP contribution in [0.1, 0.15) is 52.6 Å². The van der Waals surface area contributed by atoms with E-state index in [1.807, 2.05) is 36.4 Å². The molecule has 0 bridgehead atoms. The number of fused-ring (bicyclic) bond motifs is 1. The van der Waals surface area contributed by atoms with Crippen LogP contribution in [0, 0.1) is 11.6 Å². The molecule has 0 aliphatic carbocycles. The fraction of sp³-hybridized carbons (Fsp3) is 0.132. The van der Waals surface area contributed by atoms with Gasteiger partial charge in [0, 0.05) is 33.9 Å². The Morgan fingerprint density at radius 1 is 0.800 bits per heavy atom. The third kappa shape index (κ3) is 7.23. The molecule has 0 atom stereocenters. The fourth-order valence-corrected chi connectivity index (χ4v) is 7.74. The van der Waals surface area contributed by atoms with Crippen molar-refractivity contribution in [2.24, 2.45) is 0 Å². The molecule has 4 aromatic carbocycles. The molecule has 256 valence electrons. The second kappa shape index (κ2) is 14.8. The number of hydrogen-bond donors (Lipinski definition) is 0. The van der Waals surface area contributed by atoms with Gasteiger partial charge in [0.1, 0.15) is 17.3 Å². The molecule has 0 unspecified atom stereocenters. The van der Waals surface area contributed by atoms with Gasteiger partial charge in [0.05, 0.1) is 38.2 Å². The van der Waals surface area contributed by atoms with Crippen LogP contribution in [0.25, 0.3) is 33.3 Å². The van der Waals surface area contributed by atoms with E-state index in [9.17, 15) is 18.0 Å². The topological polar surface area (TPSA) is 86.1 Å². The summed E-state index contributed by atoms with van der Waals surface area (Å²) in [5.41, 5.74) is 1.52. The van der Waals surface area contributed by atoms with Crippen LogP contribution in [0.5, 0.6) is 0 Å². The predicted molar refractivity (Wildman–Crippen MR) is 196 cm³/mol. The van der Waals surface area contributed by atoms with E-state index >= 15 is 8.78 Å². The maximum Gasteiger partial charge on any atom is 0.266 e. The van der Waals surface area contributed by atoms with Gasteiger partial charge in [0.2, 0.25) is 5.78 Å². The van der Waals surface area contributed by atoms with Crippen LogP contribution in [-0.4, -0.2) is 35.4 Å². The Morgan fingerprint density at radius 2 is 1.38 bits per heavy atom. The Balaban J connectivity index is 0.00000486. The van der Waals surface area contributed by atoms with Gasteiger partial charge in [-0.05, 0) is 59.5 Å². The van der Waals surface area contributed by atoms with Crippen LogP contribution < -0.4 is 0 Å². The molecule has 0 saturated carbocycles. The largest absolute Gasteiger partial charge is 0.288 e. The van der Waals surface area contributed by atoms with Gasteiger partial charge in [-0.3, -0.25) is 14.2 Å². The molecule has 2 heterocycles. The van der Waals surface area contributed by atoms with Crippen molar-refractivity contribution in [3.63, 3.8) is 0 Å². The van der Waals surface area contributed by atoms with Crippen molar-refractivity contribution in [2.45, 2.75) is 26.5 Å². The molecule has 6 nitrogen and oxygen atoms in total. The van der Waals surface area contributed by atoms with Crippen molar-refractivity contribution in [2.75, 3.05) is 5.75 Å². The highest BCUT2D eigenvalue weighted by molar-refractivity contribution is 7.90. The number of hydrogen-bond acceptors (Lipinski definition) is 5. The minimum atomic E-state index is -3.73. The second-order valence-electron chi connectivity index (χ2n) is 11.3. The zero-order valence-corrected chi connectivity index (χ0v) is 28.8. The van der Waals surface area contributed by atoms with Crippen molar-refractivity contribution < 1.29 is 26.8 Å². The van der Waals surface area contributed by atoms with Crippen LogP contribution in [0.3, 0.4) is 0 Å². The quantitative estimate of drug-likeness (QED) is 0.137. The molecular weight excluding hydrogens is 725 g/mol. The van der Waals surface area contributed by atoms with Gasteiger partial charge in [-0.1, -0.05) is 97.7 Å². The molecule has 50 heavy (non-hydrogen) atoms. The minimum absolute atomic E-state index is 0. The Morgan fingerprint density at radius 3 is 1.98 bits per heavy atom. The molecule has 0 aliphatic rings. The standard InChI is InChI=1S/C37H25Cl3F2N2O4S.CH4/c1-2-16-49(47,48)20-24-12-15-31(41)33(34(24)42)35(45)28-19-44(37(46)32-29(39)4-3-5-30(32)40)36-27(28)17-25(18-43-36)23-8-6-21(7-9-23)22-10-13-26(38)14-11-22;/h3-15,17-19H,2,16,20H2,1H3;1H4. The first kappa shape index (κ1) is 36.9. The van der Waals surface area contributed by atoms with Crippen LogP contribution in [0.4, 0.5) is 8.78 Å². The van der Waals surface area contributed by atoms with E-state index in [1.54, 1.807) is 31.2 Å². The molecule has 0 fully saturated rings. The monoisotopic (exact) mass is 752 g/mol. The van der Waals surface area contributed by atoms with Crippen molar-refractivity contribution in [1.29, 1.82) is 0 Å². The summed E-state index contributed by atoms with van der Waals surface area (Å²) in [6.07, 6.45) is 2.94. The Bertz CT molecular complexity index is 2360. The van der Waals surface area contributed by atoms with Gasteiger partial charge in [0.15, 0.2) is 9.84 Å². The number of rotatable bonds is 9. The fourth-order valence-electron chi connectivity index (χ4n) is 5.59. The van der Waals surface area contributed by atoms with Gasteiger partial charge in [-0.25, -0.2) is 22.2 Å². The van der Waals surface area contributed by atoms with E-state index in [4.69, 9.17) is 34.8 Å². The molecule has 0 aliphatic heterocycles. The third-order valence-corrected chi connectivity index (χ3v) is 10.6. The van der Waals surface area contributed by atoms with Gasteiger partial charge in [-0.15, -0.1) is 0 Å². The number of nitrogens with zero attached hydrogens (tertiary/aromatic N) is 2. The third-order valence-electron chi connectivity index (χ3n) is 7.97. The zero-order valence-electron chi connectivity index (χ0n) is 25.7. The highest BCUT2D eigenvalue weighted by Crippen LogP contribution is 2.33. The van der Waals surface area contributed by atoms with Gasteiger partial charge in [0.25, 0.3) is 5.91 Å². The second-order valence-corrected chi connectivity index (χ2v) is 14.7. The summed E-state index contributed by atoms with van der Waals surface area (Å²) in [7, 11) is -3.73. The molecule has 2 aromatic heterocycles. The minimum Gasteiger partial charge on any atom is -0.288 e. The van der Waals surface area contributed by atoms with Crippen molar-refractivity contribution in [1.82, 2.24) is 9.55 Å². The number of carbonyl (C=O) groups excluding carboxylic acids is 2. The lowest BCUT2D eigenvalue weighted by Crippen LogP contribution is -2.14. The van der Waals surface area contributed by atoms with Crippen LogP contribution in [0.2, 0.25) is 15.1 Å². The zero-order chi connectivity index (χ0) is 35.0. The summed E-state index contributed by atoms with van der Waals surface area (Å²) in [4.78, 5) is 32.4. The first-order chi connectivity index (χ1) is 23.4. The number of halogens is 5. The summed E-state index contributed by atoms with van der Waals surface area (Å²) in [6.45, 7) is 1.66. The number of aromatic nitrogens is 2. The molecule has 6 rings (SSSR count). The van der Waals surface area contributed by atoms with E-state index in [-0.39, 0.29) is 50.9 Å². The summed E-state index contributed by atoms with van der Waals surface area (Å²) >= 11 is 18.7. The van der Waals surface area contributed by atoms with Crippen LogP contribution >= 0.6 is 34.8 Å². The highest BCUT2D eigenvalue weighted by Gasteiger charge is 2.29. The normalized spacial score (nSPS) is 11.4. The number of carbonyl (C=O) groups is 2. The summed E-state index contributed by atoms with van der Waals surface area (Å²) in [5.74, 6) is -5.25. The number of pyridine rings is 1. The van der Waals surface area contributed by atoms with E-state index in [2.05, 4.69) is 4.98 Å². The lowest BCUT2D eigenvalue weighted by Gasteiger charge is -2.10. The molecule has 0 spiro atoms. The lowest BCUT2D eigenvalue weighted by molar-refractivity contribution is 0.0964. The predicted octanol–water partition coefficient (Wildman–Crippen LogP) is 10.5. The summed E-state index contributed by atoms with van der Waals surface area (Å²) < 4.78 is 57.2. The SMILES string of the molecule is C.CCCS(=O)(=O)Cc1ccc(F)c(C(=O)c2cn(C(=O)c3c(Cl)cccc3Cl)c3ncc(-c4ccc(-c5ccc(Cl)cc5)cc4)cc23)c1F. The molecular formula is C38H29Cl3F2N2O4S. The van der Waals surface area contributed by atoms with Crippen molar-refractivity contribution in [3.05, 3.63) is 146 Å². The number of benzene rings is 4. The highest BCUT2D eigenvalue weighted by atomic mass is 35.5. The molecule has 0 saturated heterocycles. The molecule has 0 N–H and O–H groups in total. The first-order valence-corrected chi connectivity index (χ1v) is 17.9. The maximum atomic E-state index is 15.9. The number of sulfone groups is 1. The average molecular weight is 754 g/mol. The molecule has 12 heteroatoms.